The normalized spacial score (nSPS) is 22.3. The maximum atomic E-state index is 12.0. The number of aromatic nitrogens is 4. The van der Waals surface area contributed by atoms with E-state index in [1.165, 1.54) is 29.1 Å². The van der Waals surface area contributed by atoms with Crippen LogP contribution in [0.2, 0.25) is 0 Å². The average Bonchev–Trinajstić information content (AvgIpc) is 3.42. The number of nitrogens with zero attached hydrogens (tertiary/aromatic N) is 5. The third kappa shape index (κ3) is 7.89. The summed E-state index contributed by atoms with van der Waals surface area (Å²) in [7, 11) is -16.7. The Morgan fingerprint density at radius 1 is 1.12 bits per heavy atom. The second-order valence-corrected chi connectivity index (χ2v) is 12.6. The molecule has 1 aliphatic heterocycles. The number of fused-ring (bicyclic) bond motifs is 1. The topological polar surface area (TPSA) is 311 Å². The summed E-state index contributed by atoms with van der Waals surface area (Å²) in [6.45, 7) is -1.13. The van der Waals surface area contributed by atoms with E-state index in [1.807, 2.05) is 0 Å². The van der Waals surface area contributed by atoms with Crippen LogP contribution in [0, 0.1) is 10.1 Å². The standard InChI is InChI=1S/C17H21N6O15P3/c18-17-20-15-14(16(21-17)34-6-9-3-1-2-4-10(9)23(25)26)19-8-22(15)13-5-11(24)12(36-13)7-35-40(30,31)38-41(32,33)37-39(27,28)29/h1-4,8,11-13,24H,5-7H2,(H,30,31)(H,32,33)(H2,18,20,21)(H2,27,28,29)/t11-,12+,13+/m0/s1. The van der Waals surface area contributed by atoms with Crippen molar-refractivity contribution in [1.29, 1.82) is 0 Å². The second kappa shape index (κ2) is 11.8. The number of rotatable bonds is 12. The molecule has 7 N–H and O–H groups in total. The molecule has 224 valence electrons. The molecule has 5 atom stereocenters. The third-order valence-corrected chi connectivity index (χ3v) is 9.09. The van der Waals surface area contributed by atoms with Crippen LogP contribution in [0.3, 0.4) is 0 Å². The van der Waals surface area contributed by atoms with Crippen molar-refractivity contribution in [2.45, 2.75) is 31.5 Å². The van der Waals surface area contributed by atoms with E-state index in [9.17, 15) is 38.7 Å². The number of nitro benzene ring substituents is 1. The highest BCUT2D eigenvalue weighted by Crippen LogP contribution is 2.66. The lowest BCUT2D eigenvalue weighted by atomic mass is 10.2. The van der Waals surface area contributed by atoms with E-state index in [1.54, 1.807) is 6.07 Å². The summed E-state index contributed by atoms with van der Waals surface area (Å²) < 4.78 is 58.6. The van der Waals surface area contributed by atoms with Crippen LogP contribution < -0.4 is 10.5 Å². The van der Waals surface area contributed by atoms with E-state index in [2.05, 4.69) is 28.1 Å². The van der Waals surface area contributed by atoms with Gasteiger partial charge >= 0.3 is 23.5 Å². The van der Waals surface area contributed by atoms with Crippen LogP contribution >= 0.6 is 23.5 Å². The van der Waals surface area contributed by atoms with E-state index in [4.69, 9.17) is 25.0 Å². The maximum Gasteiger partial charge on any atom is 0.490 e. The number of aliphatic hydroxyl groups excluding tert-OH is 1. The summed E-state index contributed by atoms with van der Waals surface area (Å²) >= 11 is 0. The van der Waals surface area contributed by atoms with Gasteiger partial charge in [0.25, 0.3) is 5.69 Å². The van der Waals surface area contributed by atoms with Gasteiger partial charge in [0.2, 0.25) is 11.8 Å². The van der Waals surface area contributed by atoms with Crippen LogP contribution in [0.5, 0.6) is 5.88 Å². The number of phosphoric acid groups is 3. The number of nitro groups is 1. The predicted molar refractivity (Wildman–Crippen MR) is 132 cm³/mol. The van der Waals surface area contributed by atoms with Gasteiger partial charge in [-0.25, -0.2) is 18.7 Å². The van der Waals surface area contributed by atoms with Gasteiger partial charge in [0.15, 0.2) is 11.2 Å². The van der Waals surface area contributed by atoms with Crippen LogP contribution in [-0.4, -0.2) is 67.9 Å². The number of ether oxygens (including phenoxy) is 2. The van der Waals surface area contributed by atoms with Crippen molar-refractivity contribution in [3.8, 4) is 5.88 Å². The van der Waals surface area contributed by atoms with Crippen molar-refractivity contribution >= 4 is 46.3 Å². The van der Waals surface area contributed by atoms with Gasteiger partial charge in [0, 0.05) is 12.5 Å². The summed E-state index contributed by atoms with van der Waals surface area (Å²) in [6.07, 6.45) is -2.51. The molecule has 3 aromatic rings. The third-order valence-electron chi connectivity index (χ3n) is 5.29. The van der Waals surface area contributed by atoms with E-state index < -0.39 is 53.4 Å². The monoisotopic (exact) mass is 642 g/mol. The minimum absolute atomic E-state index is 0.0841. The van der Waals surface area contributed by atoms with Gasteiger partial charge in [-0.1, -0.05) is 12.1 Å². The van der Waals surface area contributed by atoms with Crippen molar-refractivity contribution in [2.24, 2.45) is 0 Å². The number of hydrogen-bond acceptors (Lipinski definition) is 15. The SMILES string of the molecule is Nc1nc(OCc2ccccc2[N+](=O)[O-])c2ncn([C@H]3C[C@H](O)[C@@H](COP(=O)(O)OP(=O)(O)OP(=O)(O)O)O3)c2n1. The number of phosphoric ester groups is 1. The molecule has 41 heavy (non-hydrogen) atoms. The fourth-order valence-electron chi connectivity index (χ4n) is 3.68. The van der Waals surface area contributed by atoms with Crippen LogP contribution in [0.25, 0.3) is 11.2 Å². The molecule has 0 amide bonds. The van der Waals surface area contributed by atoms with Crippen molar-refractivity contribution < 1.29 is 65.9 Å². The minimum Gasteiger partial charge on any atom is -0.471 e. The lowest BCUT2D eigenvalue weighted by Gasteiger charge is -2.19. The van der Waals surface area contributed by atoms with E-state index in [0.29, 0.717) is 0 Å². The Morgan fingerprint density at radius 3 is 2.51 bits per heavy atom. The number of aliphatic hydroxyl groups is 1. The lowest BCUT2D eigenvalue weighted by molar-refractivity contribution is -0.385. The molecule has 3 heterocycles. The molecule has 2 aromatic heterocycles. The first-order valence-corrected chi connectivity index (χ1v) is 15.5. The maximum absolute atomic E-state index is 12.0. The van der Waals surface area contributed by atoms with E-state index in [-0.39, 0.29) is 47.3 Å². The van der Waals surface area contributed by atoms with Gasteiger partial charge in [0.1, 0.15) is 18.9 Å². The largest absolute Gasteiger partial charge is 0.490 e. The van der Waals surface area contributed by atoms with Gasteiger partial charge < -0.3 is 39.9 Å². The second-order valence-electron chi connectivity index (χ2n) is 8.20. The molecular weight excluding hydrogens is 621 g/mol. The molecule has 4 rings (SSSR count). The van der Waals surface area contributed by atoms with Crippen molar-refractivity contribution in [2.75, 3.05) is 12.3 Å². The Hall–Kier alpha value is -2.90. The molecule has 2 unspecified atom stereocenters. The van der Waals surface area contributed by atoms with Gasteiger partial charge in [-0.05, 0) is 6.07 Å². The Kier molecular flexibility index (Phi) is 8.91. The average molecular weight is 642 g/mol. The predicted octanol–water partition coefficient (Wildman–Crippen LogP) is 0.887. The highest BCUT2D eigenvalue weighted by atomic mass is 31.3. The Morgan fingerprint density at radius 2 is 1.83 bits per heavy atom. The smallest absolute Gasteiger partial charge is 0.471 e. The van der Waals surface area contributed by atoms with Crippen LogP contribution in [0.15, 0.2) is 30.6 Å². The molecule has 0 aliphatic carbocycles. The van der Waals surface area contributed by atoms with Crippen molar-refractivity contribution in [1.82, 2.24) is 19.5 Å². The Balaban J connectivity index is 1.46. The number of imidazole rings is 1. The molecule has 24 heteroatoms. The molecule has 1 saturated heterocycles. The molecule has 1 aromatic carbocycles. The van der Waals surface area contributed by atoms with Gasteiger partial charge in [-0.3, -0.25) is 19.2 Å². The fraction of sp³-hybridized carbons (Fsp3) is 0.353. The molecule has 0 radical (unpaired) electrons. The number of benzene rings is 1. The Bertz CT molecular complexity index is 1600. The molecule has 0 bridgehead atoms. The van der Waals surface area contributed by atoms with E-state index >= 15 is 0 Å². The first-order chi connectivity index (χ1) is 19.0. The Labute approximate surface area is 228 Å². The molecule has 0 saturated carbocycles. The molecular formula is C17H21N6O15P3. The highest BCUT2D eigenvalue weighted by Gasteiger charge is 2.43. The van der Waals surface area contributed by atoms with Crippen LogP contribution in [0.4, 0.5) is 11.6 Å². The first-order valence-electron chi connectivity index (χ1n) is 11.0. The summed E-state index contributed by atoms with van der Waals surface area (Å²) in [5, 5.41) is 21.6. The molecule has 0 spiro atoms. The molecule has 1 aliphatic rings. The number of nitrogen functional groups attached to an aromatic ring is 1. The van der Waals surface area contributed by atoms with Crippen molar-refractivity contribution in [3.63, 3.8) is 0 Å². The number of para-hydroxylation sites is 1. The lowest BCUT2D eigenvalue weighted by Crippen LogP contribution is -2.26. The number of nitrogens with two attached hydrogens (primary N) is 1. The van der Waals surface area contributed by atoms with Gasteiger partial charge in [0.05, 0.1) is 29.5 Å². The zero-order valence-electron chi connectivity index (χ0n) is 20.2. The summed E-state index contributed by atoms with van der Waals surface area (Å²) in [5.74, 6) is -0.355. The quantitative estimate of drug-likeness (QED) is 0.0907. The number of anilines is 1. The minimum atomic E-state index is -5.72. The first kappa shape index (κ1) is 31.0. The van der Waals surface area contributed by atoms with Crippen LogP contribution in [-0.2, 0) is 38.2 Å². The van der Waals surface area contributed by atoms with Gasteiger partial charge in [-0.15, -0.1) is 0 Å². The molecule has 1 fully saturated rings. The summed E-state index contributed by atoms with van der Waals surface area (Å²) in [6, 6.07) is 5.89. The van der Waals surface area contributed by atoms with Crippen molar-refractivity contribution in [3.05, 3.63) is 46.3 Å². The number of hydrogen-bond donors (Lipinski definition) is 6. The zero-order valence-corrected chi connectivity index (χ0v) is 22.9. The molecule has 21 nitrogen and oxygen atoms in total. The summed E-state index contributed by atoms with van der Waals surface area (Å²) in [4.78, 5) is 59.0. The van der Waals surface area contributed by atoms with Crippen LogP contribution in [0.1, 0.15) is 18.2 Å². The summed E-state index contributed by atoms with van der Waals surface area (Å²) in [5.41, 5.74) is 6.05. The zero-order chi connectivity index (χ0) is 30.2. The fourth-order valence-corrected chi connectivity index (χ4v) is 6.71. The van der Waals surface area contributed by atoms with Gasteiger partial charge in [-0.2, -0.15) is 18.6 Å². The van der Waals surface area contributed by atoms with E-state index in [0.717, 1.165) is 0 Å². The highest BCUT2D eigenvalue weighted by molar-refractivity contribution is 7.66.